The molecule has 1 saturated heterocycles. The average molecular weight is 575 g/mol. The van der Waals surface area contributed by atoms with Crippen molar-refractivity contribution in [2.45, 2.75) is 24.9 Å². The Bertz CT molecular complexity index is 1040. The van der Waals surface area contributed by atoms with E-state index in [1.54, 1.807) is 42.5 Å². The normalized spacial score (nSPS) is 15.8. The van der Waals surface area contributed by atoms with E-state index in [2.05, 4.69) is 20.5 Å². The SMILES string of the molecule is CN=C(NCc1ccc(C)c(F)c1)NCc1ccccc1S(=O)(=O)N1CCN(C)CC1.I. The zero-order chi connectivity index (χ0) is 22.4. The number of aryl methyl sites for hydroxylation is 1. The van der Waals surface area contributed by atoms with Crippen LogP contribution in [0, 0.1) is 12.7 Å². The maximum absolute atomic E-state index is 13.7. The van der Waals surface area contributed by atoms with Crippen LogP contribution in [0.3, 0.4) is 0 Å². The van der Waals surface area contributed by atoms with Gasteiger partial charge in [-0.1, -0.05) is 30.3 Å². The molecule has 0 saturated carbocycles. The largest absolute Gasteiger partial charge is 0.352 e. The van der Waals surface area contributed by atoms with Crippen LogP contribution in [0.2, 0.25) is 0 Å². The summed E-state index contributed by atoms with van der Waals surface area (Å²) in [7, 11) is 0.0582. The molecule has 0 amide bonds. The lowest BCUT2D eigenvalue weighted by Crippen LogP contribution is -2.47. The molecular formula is C22H31FIN5O2S. The summed E-state index contributed by atoms with van der Waals surface area (Å²) in [5, 5.41) is 6.29. The molecule has 0 bridgehead atoms. The van der Waals surface area contributed by atoms with Gasteiger partial charge in [0.05, 0.1) is 4.90 Å². The van der Waals surface area contributed by atoms with E-state index in [4.69, 9.17) is 0 Å². The van der Waals surface area contributed by atoms with Gasteiger partial charge in [0.2, 0.25) is 10.0 Å². The third kappa shape index (κ3) is 6.63. The lowest BCUT2D eigenvalue weighted by molar-refractivity contribution is 0.222. The van der Waals surface area contributed by atoms with Crippen LogP contribution in [0.5, 0.6) is 0 Å². The van der Waals surface area contributed by atoms with Gasteiger partial charge in [0, 0.05) is 46.3 Å². The molecule has 32 heavy (non-hydrogen) atoms. The summed E-state index contributed by atoms with van der Waals surface area (Å²) >= 11 is 0. The molecule has 1 heterocycles. The van der Waals surface area contributed by atoms with Crippen molar-refractivity contribution in [1.29, 1.82) is 0 Å². The Morgan fingerprint density at radius 3 is 2.38 bits per heavy atom. The third-order valence-electron chi connectivity index (χ3n) is 5.42. The second-order valence-electron chi connectivity index (χ2n) is 7.68. The minimum absolute atomic E-state index is 0. The topological polar surface area (TPSA) is 77.0 Å². The van der Waals surface area contributed by atoms with Gasteiger partial charge in [-0.2, -0.15) is 4.31 Å². The van der Waals surface area contributed by atoms with Crippen LogP contribution in [0.15, 0.2) is 52.4 Å². The van der Waals surface area contributed by atoms with Crippen LogP contribution in [-0.4, -0.2) is 63.9 Å². The van der Waals surface area contributed by atoms with E-state index in [0.717, 1.165) is 18.7 Å². The number of benzene rings is 2. The first-order valence-corrected chi connectivity index (χ1v) is 11.7. The number of guanidine groups is 1. The quantitative estimate of drug-likeness (QED) is 0.315. The van der Waals surface area contributed by atoms with Crippen molar-refractivity contribution in [2.75, 3.05) is 40.3 Å². The molecule has 1 fully saturated rings. The van der Waals surface area contributed by atoms with Crippen molar-refractivity contribution >= 4 is 40.0 Å². The summed E-state index contributed by atoms with van der Waals surface area (Å²) in [5.74, 6) is 0.262. The number of piperazine rings is 1. The van der Waals surface area contributed by atoms with Gasteiger partial charge in [0.15, 0.2) is 5.96 Å². The number of rotatable bonds is 6. The number of nitrogens with zero attached hydrogens (tertiary/aromatic N) is 3. The molecule has 0 unspecified atom stereocenters. The second-order valence-corrected chi connectivity index (χ2v) is 9.58. The molecule has 1 aliphatic rings. The van der Waals surface area contributed by atoms with E-state index in [0.29, 0.717) is 48.2 Å². The van der Waals surface area contributed by atoms with E-state index in [1.807, 2.05) is 19.2 Å². The van der Waals surface area contributed by atoms with Crippen LogP contribution < -0.4 is 10.6 Å². The number of nitrogens with one attached hydrogen (secondary N) is 2. The summed E-state index contributed by atoms with van der Waals surface area (Å²) < 4.78 is 41.7. The summed E-state index contributed by atoms with van der Waals surface area (Å²) in [6, 6.07) is 12.1. The van der Waals surface area contributed by atoms with Crippen molar-refractivity contribution in [3.05, 3.63) is 65.0 Å². The summed E-state index contributed by atoms with van der Waals surface area (Å²) in [6.45, 7) is 4.82. The lowest BCUT2D eigenvalue weighted by Gasteiger charge is -2.32. The molecule has 0 aliphatic carbocycles. The Kier molecular flexibility index (Phi) is 9.86. The van der Waals surface area contributed by atoms with E-state index >= 15 is 0 Å². The molecule has 3 rings (SSSR count). The highest BCUT2D eigenvalue weighted by Gasteiger charge is 2.29. The van der Waals surface area contributed by atoms with Crippen LogP contribution in [0.4, 0.5) is 4.39 Å². The molecule has 2 aromatic carbocycles. The summed E-state index contributed by atoms with van der Waals surface area (Å²) in [6.07, 6.45) is 0. The molecule has 0 aromatic heterocycles. The molecule has 0 spiro atoms. The number of likely N-dealkylation sites (N-methyl/N-ethyl adjacent to an activating group) is 1. The minimum Gasteiger partial charge on any atom is -0.352 e. The van der Waals surface area contributed by atoms with Gasteiger partial charge < -0.3 is 15.5 Å². The first-order chi connectivity index (χ1) is 14.8. The van der Waals surface area contributed by atoms with Gasteiger partial charge in [-0.15, -0.1) is 24.0 Å². The predicted molar refractivity (Wildman–Crippen MR) is 136 cm³/mol. The molecule has 1 aliphatic heterocycles. The Morgan fingerprint density at radius 1 is 1.06 bits per heavy atom. The maximum Gasteiger partial charge on any atom is 0.243 e. The monoisotopic (exact) mass is 575 g/mol. The van der Waals surface area contributed by atoms with Gasteiger partial charge in [0.25, 0.3) is 0 Å². The maximum atomic E-state index is 13.7. The van der Waals surface area contributed by atoms with Crippen molar-refractivity contribution in [3.8, 4) is 0 Å². The van der Waals surface area contributed by atoms with E-state index in [-0.39, 0.29) is 29.8 Å². The molecule has 10 heteroatoms. The van der Waals surface area contributed by atoms with Crippen LogP contribution >= 0.6 is 24.0 Å². The molecular weight excluding hydrogens is 544 g/mol. The summed E-state index contributed by atoms with van der Waals surface area (Å²) in [4.78, 5) is 6.61. The Hall–Kier alpha value is -1.76. The van der Waals surface area contributed by atoms with Crippen molar-refractivity contribution in [3.63, 3.8) is 0 Å². The van der Waals surface area contributed by atoms with Gasteiger partial charge in [-0.3, -0.25) is 4.99 Å². The summed E-state index contributed by atoms with van der Waals surface area (Å²) in [5.41, 5.74) is 2.07. The van der Waals surface area contributed by atoms with E-state index in [1.165, 1.54) is 6.07 Å². The smallest absolute Gasteiger partial charge is 0.243 e. The highest BCUT2D eigenvalue weighted by molar-refractivity contribution is 14.0. The van der Waals surface area contributed by atoms with Crippen molar-refractivity contribution < 1.29 is 12.8 Å². The number of aliphatic imine (C=N–C) groups is 1. The van der Waals surface area contributed by atoms with Crippen molar-refractivity contribution in [1.82, 2.24) is 19.8 Å². The Labute approximate surface area is 207 Å². The Balaban J connectivity index is 0.00000363. The first kappa shape index (κ1) is 26.5. The van der Waals surface area contributed by atoms with Gasteiger partial charge in [-0.05, 0) is 42.8 Å². The second kappa shape index (κ2) is 11.9. The number of sulfonamides is 1. The lowest BCUT2D eigenvalue weighted by atomic mass is 10.1. The number of hydrogen-bond acceptors (Lipinski definition) is 4. The standard InChI is InChI=1S/C22H30FN5O2S.HI/c1-17-8-9-18(14-20(17)23)15-25-22(24-2)26-16-19-6-4-5-7-21(19)31(29,30)28-12-10-27(3)11-13-28;/h4-9,14H,10-13,15-16H2,1-3H3,(H2,24,25,26);1H. The molecule has 0 atom stereocenters. The van der Waals surface area contributed by atoms with E-state index < -0.39 is 10.0 Å². The zero-order valence-corrected chi connectivity index (χ0v) is 21.8. The highest BCUT2D eigenvalue weighted by atomic mass is 127. The van der Waals surface area contributed by atoms with Crippen LogP contribution in [0.1, 0.15) is 16.7 Å². The zero-order valence-electron chi connectivity index (χ0n) is 18.6. The van der Waals surface area contributed by atoms with Crippen molar-refractivity contribution in [2.24, 2.45) is 4.99 Å². The van der Waals surface area contributed by atoms with Gasteiger partial charge >= 0.3 is 0 Å². The highest BCUT2D eigenvalue weighted by Crippen LogP contribution is 2.21. The average Bonchev–Trinajstić information content (AvgIpc) is 2.76. The van der Waals surface area contributed by atoms with E-state index in [9.17, 15) is 12.8 Å². The Morgan fingerprint density at radius 2 is 1.72 bits per heavy atom. The molecule has 2 N–H and O–H groups in total. The van der Waals surface area contributed by atoms with Gasteiger partial charge in [-0.25, -0.2) is 12.8 Å². The fraction of sp³-hybridized carbons (Fsp3) is 0.409. The van der Waals surface area contributed by atoms with Crippen LogP contribution in [0.25, 0.3) is 0 Å². The minimum atomic E-state index is -3.57. The molecule has 176 valence electrons. The number of halogens is 2. The predicted octanol–water partition coefficient (Wildman–Crippen LogP) is 2.55. The molecule has 2 aromatic rings. The van der Waals surface area contributed by atoms with Crippen LogP contribution in [-0.2, 0) is 23.1 Å². The third-order valence-corrected chi connectivity index (χ3v) is 7.42. The number of hydrogen-bond donors (Lipinski definition) is 2. The molecule has 0 radical (unpaired) electrons. The van der Waals surface area contributed by atoms with Gasteiger partial charge in [0.1, 0.15) is 5.82 Å². The molecule has 7 nitrogen and oxygen atoms in total. The fourth-order valence-electron chi connectivity index (χ4n) is 3.40. The fourth-order valence-corrected chi connectivity index (χ4v) is 5.04. The first-order valence-electron chi connectivity index (χ1n) is 10.3.